The maximum atomic E-state index is 12.0. The predicted molar refractivity (Wildman–Crippen MR) is 116 cm³/mol. The van der Waals surface area contributed by atoms with Gasteiger partial charge < -0.3 is 44.1 Å². The number of hydrogen-bond acceptors (Lipinski definition) is 9. The maximum Gasteiger partial charge on any atom is 0.412 e. The number of nitrogens with zero attached hydrogens (tertiary/aromatic N) is 1. The van der Waals surface area contributed by atoms with Crippen LogP contribution in [0.3, 0.4) is 0 Å². The van der Waals surface area contributed by atoms with Crippen molar-refractivity contribution in [3.8, 4) is 0 Å². The second-order valence-corrected chi connectivity index (χ2v) is 10.5. The van der Waals surface area contributed by atoms with Crippen LogP contribution in [0.1, 0.15) is 40.5 Å². The van der Waals surface area contributed by atoms with Gasteiger partial charge in [-0.3, -0.25) is 4.79 Å². The highest BCUT2D eigenvalue weighted by molar-refractivity contribution is 6.49. The highest BCUT2D eigenvalue weighted by Gasteiger charge is 2.64. The molecule has 2 bridgehead atoms. The molecule has 32 heavy (non-hydrogen) atoms. The minimum absolute atomic E-state index is 0.00236. The monoisotopic (exact) mass is 454 g/mol. The van der Waals surface area contributed by atoms with Crippen molar-refractivity contribution < 1.29 is 38.9 Å². The van der Waals surface area contributed by atoms with E-state index >= 15 is 0 Å². The minimum atomic E-state index is -0.740. The van der Waals surface area contributed by atoms with Crippen molar-refractivity contribution >= 4 is 20.0 Å². The van der Waals surface area contributed by atoms with Gasteiger partial charge >= 0.3 is 14.1 Å². The van der Waals surface area contributed by atoms with Gasteiger partial charge in [-0.1, -0.05) is 0 Å². The number of rotatable bonds is 4. The molecule has 2 aliphatic carbocycles. The zero-order valence-corrected chi connectivity index (χ0v) is 19.7. The molecular weight excluding hydrogens is 418 g/mol. The molecule has 4 unspecified atom stereocenters. The van der Waals surface area contributed by atoms with E-state index in [9.17, 15) is 19.9 Å². The summed E-state index contributed by atoms with van der Waals surface area (Å²) in [5, 5.41) is 31.3. The summed E-state index contributed by atoms with van der Waals surface area (Å²) in [4.78, 5) is 13.5. The lowest BCUT2D eigenvalue weighted by molar-refractivity contribution is -0.159. The molecule has 1 amide bonds. The number of hydrogen-bond donors (Lipinski definition) is 4. The lowest BCUT2D eigenvalue weighted by atomic mass is 9.81. The summed E-state index contributed by atoms with van der Waals surface area (Å²) in [6.45, 7) is 10.9. The quantitative estimate of drug-likeness (QED) is 0.413. The fourth-order valence-electron chi connectivity index (χ4n) is 6.02. The first-order valence-electron chi connectivity index (χ1n) is 11.6. The Morgan fingerprint density at radius 2 is 1.53 bits per heavy atom. The number of amides is 1. The van der Waals surface area contributed by atoms with Crippen molar-refractivity contribution in [3.63, 3.8) is 0 Å². The summed E-state index contributed by atoms with van der Waals surface area (Å²) in [6, 6.07) is 0.0215. The third kappa shape index (κ3) is 4.36. The van der Waals surface area contributed by atoms with Gasteiger partial charge in [-0.2, -0.15) is 0 Å². The van der Waals surface area contributed by atoms with Crippen LogP contribution in [0.25, 0.3) is 0 Å². The van der Waals surface area contributed by atoms with E-state index in [4.69, 9.17) is 18.9 Å². The van der Waals surface area contributed by atoms with Crippen molar-refractivity contribution in [1.82, 2.24) is 10.0 Å². The van der Waals surface area contributed by atoms with E-state index in [0.717, 1.165) is 12.8 Å². The average Bonchev–Trinajstić information content (AvgIpc) is 3.39. The van der Waals surface area contributed by atoms with E-state index < -0.39 is 25.7 Å². The Hall–Kier alpha value is -0.720. The molecule has 5 aliphatic rings. The fourth-order valence-corrected chi connectivity index (χ4v) is 6.02. The summed E-state index contributed by atoms with van der Waals surface area (Å²) >= 11 is 0. The van der Waals surface area contributed by atoms with Crippen LogP contribution in [0.2, 0.25) is 13.6 Å². The van der Waals surface area contributed by atoms with E-state index in [-0.39, 0.29) is 60.8 Å². The predicted octanol–water partition coefficient (Wildman–Crippen LogP) is -0.565. The molecule has 5 rings (SSSR count). The number of piperidine rings is 1. The third-order valence-electron chi connectivity index (χ3n) is 7.04. The van der Waals surface area contributed by atoms with Crippen LogP contribution in [0.15, 0.2) is 0 Å². The normalized spacial score (nSPS) is 42.5. The smallest absolute Gasteiger partial charge is 0.412 e. The molecule has 0 radical (unpaired) electrons. The topological polar surface area (TPSA) is 130 Å². The second kappa shape index (κ2) is 8.49. The number of ether oxygens (including phenoxy) is 4. The maximum absolute atomic E-state index is 12.0. The Morgan fingerprint density at radius 1 is 0.969 bits per heavy atom. The molecule has 3 saturated heterocycles. The zero-order chi connectivity index (χ0) is 23.6. The third-order valence-corrected chi connectivity index (χ3v) is 7.04. The number of aliphatic hydroxyl groups excluding tert-OH is 1. The number of carbonyl (C=O) groups excluding carboxylic acids is 1. The van der Waals surface area contributed by atoms with Gasteiger partial charge in [0, 0.05) is 18.6 Å². The molecule has 3 heterocycles. The number of nitrogens with one attached hydrogen (secondary N) is 1. The molecule has 0 spiro atoms. The Kier molecular flexibility index (Phi) is 6.48. The molecule has 8 atom stereocenters. The fraction of sp³-hybridized carbons (Fsp3) is 0.950. The molecule has 0 aromatic heterocycles. The molecule has 5 fully saturated rings. The van der Waals surface area contributed by atoms with E-state index in [0.29, 0.717) is 0 Å². The molecule has 3 aliphatic heterocycles. The van der Waals surface area contributed by atoms with Crippen molar-refractivity contribution in [3.05, 3.63) is 0 Å². The first-order valence-corrected chi connectivity index (χ1v) is 11.6. The second-order valence-electron chi connectivity index (χ2n) is 10.5. The van der Waals surface area contributed by atoms with Gasteiger partial charge in [-0.05, 0) is 54.2 Å². The molecule has 10 nitrogen and oxygen atoms in total. The van der Waals surface area contributed by atoms with Gasteiger partial charge in [0.15, 0.2) is 11.6 Å². The van der Waals surface area contributed by atoms with E-state index in [1.165, 1.54) is 4.81 Å². The summed E-state index contributed by atoms with van der Waals surface area (Å²) in [5.41, 5.74) is 0. The lowest BCUT2D eigenvalue weighted by Crippen LogP contribution is -2.55. The zero-order valence-electron chi connectivity index (χ0n) is 19.7. The molecule has 180 valence electrons. The molecule has 2 saturated carbocycles. The van der Waals surface area contributed by atoms with E-state index in [1.807, 2.05) is 27.7 Å². The van der Waals surface area contributed by atoms with Gasteiger partial charge in [-0.25, -0.2) is 0 Å². The molecule has 12 heteroatoms. The first kappa shape index (κ1) is 24.4. The molecule has 4 N–H and O–H groups in total. The summed E-state index contributed by atoms with van der Waals surface area (Å²) in [6.07, 6.45) is 1.16. The molecule has 0 aromatic rings. The van der Waals surface area contributed by atoms with Gasteiger partial charge in [0.2, 0.25) is 5.91 Å². The molecule has 0 aromatic carbocycles. The highest BCUT2D eigenvalue weighted by atomic mass is 16.8. The Balaban J connectivity index is 0.000000153. The van der Waals surface area contributed by atoms with Gasteiger partial charge in [0.05, 0.1) is 18.1 Å². The van der Waals surface area contributed by atoms with Crippen LogP contribution in [0.5, 0.6) is 0 Å². The van der Waals surface area contributed by atoms with Gasteiger partial charge in [0.25, 0.3) is 0 Å². The summed E-state index contributed by atoms with van der Waals surface area (Å²) in [7, 11) is -1.31. The summed E-state index contributed by atoms with van der Waals surface area (Å²) in [5.74, 6) is -1.25. The minimum Gasteiger partial charge on any atom is -0.437 e. The average molecular weight is 454 g/mol. The van der Waals surface area contributed by atoms with Gasteiger partial charge in [-0.15, -0.1) is 0 Å². The van der Waals surface area contributed by atoms with Crippen molar-refractivity contribution in [1.29, 1.82) is 0 Å². The standard InChI is InChI=1S/C10H16BNO4.C10H20BNO4/c1-10(2)15-7-5-4-6(8(7)16-10)12(9(5)13)11(3)14;1-10(2)15-8-6(5-13)4-7(9(8)16-10)12-11(3)14/h5-8,14H,4H2,1-3H3;6-9,12-14H,4-5H2,1-3H3/t;6-,7-,8-,9+/m.1/s1. The van der Waals surface area contributed by atoms with Gasteiger partial charge in [0.1, 0.15) is 18.3 Å². The van der Waals surface area contributed by atoms with Crippen LogP contribution < -0.4 is 5.23 Å². The number of fused-ring (bicyclic) bond motifs is 6. The van der Waals surface area contributed by atoms with Crippen LogP contribution in [-0.4, -0.2) is 94.7 Å². The highest BCUT2D eigenvalue weighted by Crippen LogP contribution is 2.48. The largest absolute Gasteiger partial charge is 0.437 e. The van der Waals surface area contributed by atoms with E-state index in [1.54, 1.807) is 13.6 Å². The van der Waals surface area contributed by atoms with Crippen molar-refractivity contribution in [2.45, 2.75) is 102 Å². The Bertz CT molecular complexity index is 724. The number of aliphatic hydroxyl groups is 1. The Labute approximate surface area is 190 Å². The van der Waals surface area contributed by atoms with Crippen molar-refractivity contribution in [2.24, 2.45) is 11.8 Å². The SMILES string of the molecule is CB(O)N1C(=O)C2CC1C1OC(C)(C)OC21.CB(O)N[C@@H]1C[C@H](CO)[C@H]2OC(C)(C)O[C@H]21. The van der Waals surface area contributed by atoms with E-state index in [2.05, 4.69) is 5.23 Å². The van der Waals surface area contributed by atoms with Crippen molar-refractivity contribution in [2.75, 3.05) is 6.61 Å². The summed E-state index contributed by atoms with van der Waals surface area (Å²) < 4.78 is 23.2. The number of carbonyl (C=O) groups is 1. The first-order chi connectivity index (χ1) is 14.8. The van der Waals surface area contributed by atoms with Crippen LogP contribution >= 0.6 is 0 Å². The Morgan fingerprint density at radius 3 is 2.09 bits per heavy atom. The van der Waals surface area contributed by atoms with Crippen LogP contribution in [0.4, 0.5) is 0 Å². The lowest BCUT2D eigenvalue weighted by Gasteiger charge is -2.33. The molecular formula is C20H36B2N2O8. The van der Waals surface area contributed by atoms with Crippen LogP contribution in [-0.2, 0) is 23.7 Å². The van der Waals surface area contributed by atoms with Crippen LogP contribution in [0, 0.1) is 11.8 Å².